The van der Waals surface area contributed by atoms with Crippen LogP contribution in [0, 0.1) is 11.6 Å². The summed E-state index contributed by atoms with van der Waals surface area (Å²) >= 11 is 0. The van der Waals surface area contributed by atoms with Crippen molar-refractivity contribution in [2.75, 3.05) is 0 Å². The number of carbonyl (C=O) groups is 1. The average molecular weight is 398 g/mol. The Balaban J connectivity index is 1.65. The number of carbonyl (C=O) groups excluding carboxylic acids is 1. The van der Waals surface area contributed by atoms with Crippen molar-refractivity contribution < 1.29 is 13.6 Å². The molecule has 0 aliphatic rings. The van der Waals surface area contributed by atoms with Gasteiger partial charge in [-0.25, -0.2) is 8.78 Å². The van der Waals surface area contributed by atoms with Gasteiger partial charge in [-0.15, -0.1) is 0 Å². The summed E-state index contributed by atoms with van der Waals surface area (Å²) < 4.78 is 26.4. The van der Waals surface area contributed by atoms with Crippen LogP contribution in [0.3, 0.4) is 0 Å². The minimum Gasteiger partial charge on any atom is -0.289 e. The molecule has 0 spiro atoms. The Hall–Kier alpha value is -3.59. The summed E-state index contributed by atoms with van der Waals surface area (Å²) in [4.78, 5) is 13.5. The predicted molar refractivity (Wildman–Crippen MR) is 115 cm³/mol. The van der Waals surface area contributed by atoms with E-state index >= 15 is 0 Å². The average Bonchev–Trinajstić information content (AvgIpc) is 2.77. The number of halogens is 2. The van der Waals surface area contributed by atoms with Gasteiger partial charge in [0.1, 0.15) is 11.6 Å². The van der Waals surface area contributed by atoms with Crippen LogP contribution in [0.1, 0.15) is 38.2 Å². The molecule has 4 rings (SSSR count). The van der Waals surface area contributed by atoms with E-state index in [0.29, 0.717) is 24.0 Å². The number of rotatable bonds is 6. The summed E-state index contributed by atoms with van der Waals surface area (Å²) in [6.07, 6.45) is 1.09. The molecule has 0 bridgehead atoms. The molecule has 148 valence electrons. The normalized spacial score (nSPS) is 10.7. The molecule has 0 heterocycles. The van der Waals surface area contributed by atoms with Crippen molar-refractivity contribution in [2.24, 2.45) is 0 Å². The molecule has 1 nitrogen and oxygen atoms in total. The maximum Gasteiger partial charge on any atom is 0.193 e. The maximum absolute atomic E-state index is 13.5. The van der Waals surface area contributed by atoms with Crippen LogP contribution >= 0.6 is 0 Å². The fraction of sp³-hybridized carbons (Fsp3) is 0.0741. The zero-order chi connectivity index (χ0) is 20.9. The Kier molecular flexibility index (Phi) is 5.80. The lowest BCUT2D eigenvalue weighted by molar-refractivity contribution is 0.103. The first kappa shape index (κ1) is 19.7. The summed E-state index contributed by atoms with van der Waals surface area (Å²) in [6.45, 7) is 0. The lowest BCUT2D eigenvalue weighted by Gasteiger charge is -2.12. The number of hydrogen-bond acceptors (Lipinski definition) is 1. The SMILES string of the molecule is O=C(c1ccccc1Cc1ccc(F)cc1)c1ccccc1Cc1ccc(F)cc1. The molecule has 4 aromatic rings. The molecule has 4 aromatic carbocycles. The number of hydrogen-bond donors (Lipinski definition) is 0. The van der Waals surface area contributed by atoms with E-state index in [4.69, 9.17) is 0 Å². The van der Waals surface area contributed by atoms with Crippen LogP contribution in [0.2, 0.25) is 0 Å². The fourth-order valence-corrected chi connectivity index (χ4v) is 3.58. The monoisotopic (exact) mass is 398 g/mol. The fourth-order valence-electron chi connectivity index (χ4n) is 3.58. The van der Waals surface area contributed by atoms with Crippen molar-refractivity contribution in [2.45, 2.75) is 12.8 Å². The molecule has 0 radical (unpaired) electrons. The van der Waals surface area contributed by atoms with Gasteiger partial charge in [0.2, 0.25) is 0 Å². The van der Waals surface area contributed by atoms with Crippen LogP contribution in [0.25, 0.3) is 0 Å². The Morgan fingerprint density at radius 1 is 0.533 bits per heavy atom. The first-order chi connectivity index (χ1) is 14.6. The van der Waals surface area contributed by atoms with Crippen LogP contribution < -0.4 is 0 Å². The summed E-state index contributed by atoms with van der Waals surface area (Å²) in [6, 6.07) is 27.7. The lowest BCUT2D eigenvalue weighted by Crippen LogP contribution is -2.09. The van der Waals surface area contributed by atoms with Crippen molar-refractivity contribution in [3.8, 4) is 0 Å². The smallest absolute Gasteiger partial charge is 0.193 e. The molecular formula is C27H20F2O. The summed E-state index contributed by atoms with van der Waals surface area (Å²) in [5.74, 6) is -0.610. The molecule has 0 aromatic heterocycles. The largest absolute Gasteiger partial charge is 0.289 e. The van der Waals surface area contributed by atoms with E-state index in [1.165, 1.54) is 24.3 Å². The second-order valence-corrected chi connectivity index (χ2v) is 7.25. The first-order valence-electron chi connectivity index (χ1n) is 9.79. The Morgan fingerprint density at radius 2 is 0.900 bits per heavy atom. The molecule has 0 N–H and O–H groups in total. The molecule has 0 saturated heterocycles. The van der Waals surface area contributed by atoms with Gasteiger partial charge >= 0.3 is 0 Å². The van der Waals surface area contributed by atoms with Crippen LogP contribution in [0.15, 0.2) is 97.1 Å². The standard InChI is InChI=1S/C27H20F2O/c28-23-13-9-19(10-14-23)17-21-5-1-3-7-25(21)27(30)26-8-4-2-6-22(26)18-20-11-15-24(29)16-12-20/h1-16H,17-18H2. The second kappa shape index (κ2) is 8.83. The highest BCUT2D eigenvalue weighted by Crippen LogP contribution is 2.22. The molecule has 0 unspecified atom stereocenters. The molecular weight excluding hydrogens is 378 g/mol. The van der Waals surface area contributed by atoms with E-state index in [1.54, 1.807) is 24.3 Å². The zero-order valence-corrected chi connectivity index (χ0v) is 16.3. The molecule has 0 fully saturated rings. The van der Waals surface area contributed by atoms with E-state index in [1.807, 2.05) is 48.5 Å². The molecule has 30 heavy (non-hydrogen) atoms. The summed E-state index contributed by atoms with van der Waals surface area (Å²) in [5.41, 5.74) is 4.94. The third kappa shape index (κ3) is 4.52. The molecule has 0 aliphatic heterocycles. The van der Waals surface area contributed by atoms with Gasteiger partial charge in [-0.2, -0.15) is 0 Å². The van der Waals surface area contributed by atoms with Gasteiger partial charge in [0.05, 0.1) is 0 Å². The lowest BCUT2D eigenvalue weighted by atomic mass is 9.90. The quantitative estimate of drug-likeness (QED) is 0.345. The van der Waals surface area contributed by atoms with Gasteiger partial charge in [0.15, 0.2) is 5.78 Å². The van der Waals surface area contributed by atoms with Crippen LogP contribution in [0.5, 0.6) is 0 Å². The van der Waals surface area contributed by atoms with Gasteiger partial charge in [0, 0.05) is 11.1 Å². The van der Waals surface area contributed by atoms with Crippen molar-refractivity contribution in [3.63, 3.8) is 0 Å². The van der Waals surface area contributed by atoms with E-state index in [9.17, 15) is 13.6 Å². The number of ketones is 1. The highest BCUT2D eigenvalue weighted by atomic mass is 19.1. The highest BCUT2D eigenvalue weighted by Gasteiger charge is 2.17. The van der Waals surface area contributed by atoms with Crippen LogP contribution in [-0.2, 0) is 12.8 Å². The van der Waals surface area contributed by atoms with Gasteiger partial charge in [-0.3, -0.25) is 4.79 Å². The Labute approximate surface area is 174 Å². The van der Waals surface area contributed by atoms with Crippen LogP contribution in [0.4, 0.5) is 8.78 Å². The second-order valence-electron chi connectivity index (χ2n) is 7.25. The van der Waals surface area contributed by atoms with Crippen molar-refractivity contribution in [1.82, 2.24) is 0 Å². The van der Waals surface area contributed by atoms with E-state index in [2.05, 4.69) is 0 Å². The first-order valence-corrected chi connectivity index (χ1v) is 9.79. The minimum absolute atomic E-state index is 0.0505. The van der Waals surface area contributed by atoms with E-state index < -0.39 is 0 Å². The minimum atomic E-state index is -0.280. The molecule has 0 saturated carbocycles. The predicted octanol–water partition coefficient (Wildman–Crippen LogP) is 6.38. The van der Waals surface area contributed by atoms with Crippen LogP contribution in [-0.4, -0.2) is 5.78 Å². The third-order valence-electron chi connectivity index (χ3n) is 5.14. The summed E-state index contributed by atoms with van der Waals surface area (Å²) in [5, 5.41) is 0. The topological polar surface area (TPSA) is 17.1 Å². The zero-order valence-electron chi connectivity index (χ0n) is 16.3. The maximum atomic E-state index is 13.5. The van der Waals surface area contributed by atoms with Gasteiger partial charge < -0.3 is 0 Å². The van der Waals surface area contributed by atoms with Gasteiger partial charge in [-0.05, 0) is 59.4 Å². The molecule has 0 atom stereocenters. The Morgan fingerprint density at radius 3 is 1.30 bits per heavy atom. The van der Waals surface area contributed by atoms with E-state index in [0.717, 1.165) is 22.3 Å². The van der Waals surface area contributed by atoms with Gasteiger partial charge in [0.25, 0.3) is 0 Å². The highest BCUT2D eigenvalue weighted by molar-refractivity contribution is 6.10. The van der Waals surface area contributed by atoms with Gasteiger partial charge in [-0.1, -0.05) is 72.8 Å². The molecule has 0 aliphatic carbocycles. The molecule has 3 heteroatoms. The number of benzene rings is 4. The van der Waals surface area contributed by atoms with E-state index in [-0.39, 0.29) is 17.4 Å². The summed E-state index contributed by atoms with van der Waals surface area (Å²) in [7, 11) is 0. The van der Waals surface area contributed by atoms with Crippen molar-refractivity contribution in [1.29, 1.82) is 0 Å². The Bertz CT molecular complexity index is 1070. The molecule has 0 amide bonds. The van der Waals surface area contributed by atoms with Crippen molar-refractivity contribution >= 4 is 5.78 Å². The third-order valence-corrected chi connectivity index (χ3v) is 5.14. The van der Waals surface area contributed by atoms with Crippen molar-refractivity contribution in [3.05, 3.63) is 142 Å².